The van der Waals surface area contributed by atoms with Gasteiger partial charge in [-0.15, -0.1) is 0 Å². The third kappa shape index (κ3) is 3.83. The molecule has 0 amide bonds. The third-order valence-corrected chi connectivity index (χ3v) is 2.79. The van der Waals surface area contributed by atoms with Gasteiger partial charge in [0.1, 0.15) is 29.7 Å². The van der Waals surface area contributed by atoms with Crippen LogP contribution in [-0.2, 0) is 13.2 Å². The van der Waals surface area contributed by atoms with Crippen molar-refractivity contribution in [1.82, 2.24) is 5.32 Å². The van der Waals surface area contributed by atoms with Crippen LogP contribution < -0.4 is 10.1 Å². The molecule has 0 atom stereocenters. The lowest BCUT2D eigenvalue weighted by Gasteiger charge is -2.07. The maximum absolute atomic E-state index is 13.1. The van der Waals surface area contributed by atoms with Crippen molar-refractivity contribution in [1.29, 1.82) is 0 Å². The third-order valence-electron chi connectivity index (χ3n) is 2.79. The van der Waals surface area contributed by atoms with E-state index in [0.717, 1.165) is 23.6 Å². The Morgan fingerprint density at radius 2 is 2.00 bits per heavy atom. The quantitative estimate of drug-likeness (QED) is 0.867. The van der Waals surface area contributed by atoms with Crippen LogP contribution in [0.3, 0.4) is 0 Å². The molecule has 102 valence electrons. The van der Waals surface area contributed by atoms with Crippen LogP contribution in [0.25, 0.3) is 0 Å². The monoisotopic (exact) mass is 263 g/mol. The number of hydrogen-bond donors (Lipinski definition) is 1. The number of furan rings is 1. The molecular weight excluding hydrogens is 245 g/mol. The number of ether oxygens (including phenoxy) is 1. The first-order chi connectivity index (χ1) is 9.19. The second-order valence-corrected chi connectivity index (χ2v) is 4.35. The molecule has 0 aliphatic heterocycles. The topological polar surface area (TPSA) is 34.4 Å². The van der Waals surface area contributed by atoms with E-state index in [1.807, 2.05) is 26.0 Å². The van der Waals surface area contributed by atoms with E-state index >= 15 is 0 Å². The Balaban J connectivity index is 1.94. The number of rotatable bonds is 6. The van der Waals surface area contributed by atoms with Crippen molar-refractivity contribution in [3.05, 3.63) is 53.2 Å². The summed E-state index contributed by atoms with van der Waals surface area (Å²) in [6.07, 6.45) is 0. The first kappa shape index (κ1) is 13.6. The summed E-state index contributed by atoms with van der Waals surface area (Å²) in [7, 11) is 0. The summed E-state index contributed by atoms with van der Waals surface area (Å²) in [6.45, 7) is 5.83. The molecule has 2 aromatic rings. The van der Waals surface area contributed by atoms with E-state index in [-0.39, 0.29) is 5.82 Å². The molecule has 0 spiro atoms. The molecule has 0 aliphatic rings. The van der Waals surface area contributed by atoms with Crippen molar-refractivity contribution in [2.75, 3.05) is 6.54 Å². The lowest BCUT2D eigenvalue weighted by molar-refractivity contribution is 0.262. The fourth-order valence-electron chi connectivity index (χ4n) is 1.72. The molecule has 1 N–H and O–H groups in total. The van der Waals surface area contributed by atoms with E-state index in [1.54, 1.807) is 6.07 Å². The number of hydrogen-bond acceptors (Lipinski definition) is 3. The van der Waals surface area contributed by atoms with Crippen LogP contribution in [0.4, 0.5) is 4.39 Å². The van der Waals surface area contributed by atoms with E-state index in [1.165, 1.54) is 12.1 Å². The zero-order chi connectivity index (χ0) is 13.7. The molecule has 0 aliphatic carbocycles. The summed E-state index contributed by atoms with van der Waals surface area (Å²) in [5.41, 5.74) is 0.904. The zero-order valence-electron chi connectivity index (χ0n) is 11.2. The van der Waals surface area contributed by atoms with Crippen LogP contribution in [0.2, 0.25) is 0 Å². The van der Waals surface area contributed by atoms with Crippen molar-refractivity contribution in [2.45, 2.75) is 27.0 Å². The largest absolute Gasteiger partial charge is 0.485 e. The van der Waals surface area contributed by atoms with Gasteiger partial charge in [0.2, 0.25) is 0 Å². The van der Waals surface area contributed by atoms with Gasteiger partial charge in [0.05, 0.1) is 6.54 Å². The minimum absolute atomic E-state index is 0.298. The average molecular weight is 263 g/mol. The molecular formula is C15H18FNO2. The fourth-order valence-corrected chi connectivity index (χ4v) is 1.72. The molecule has 19 heavy (non-hydrogen) atoms. The summed E-state index contributed by atoms with van der Waals surface area (Å²) < 4.78 is 24.3. The van der Waals surface area contributed by atoms with Gasteiger partial charge in [-0.1, -0.05) is 13.0 Å². The van der Waals surface area contributed by atoms with Crippen LogP contribution in [0.1, 0.15) is 24.0 Å². The number of benzene rings is 1. The molecule has 4 heteroatoms. The molecule has 0 saturated heterocycles. The van der Waals surface area contributed by atoms with Crippen molar-refractivity contribution < 1.29 is 13.5 Å². The SMILES string of the molecule is CCNCc1ccc(COc2cc(F)ccc2C)o1. The normalized spacial score (nSPS) is 10.7. The molecule has 1 heterocycles. The lowest BCUT2D eigenvalue weighted by Crippen LogP contribution is -2.10. The van der Waals surface area contributed by atoms with Crippen molar-refractivity contribution in [2.24, 2.45) is 0 Å². The second kappa shape index (κ2) is 6.38. The van der Waals surface area contributed by atoms with Gasteiger partial charge >= 0.3 is 0 Å². The summed E-state index contributed by atoms with van der Waals surface area (Å²) in [5.74, 6) is 1.85. The van der Waals surface area contributed by atoms with Crippen molar-refractivity contribution >= 4 is 0 Å². The lowest BCUT2D eigenvalue weighted by atomic mass is 10.2. The van der Waals surface area contributed by atoms with Crippen molar-refractivity contribution in [3.8, 4) is 5.75 Å². The molecule has 0 fully saturated rings. The van der Waals surface area contributed by atoms with Crippen molar-refractivity contribution in [3.63, 3.8) is 0 Å². The maximum Gasteiger partial charge on any atom is 0.146 e. The van der Waals surface area contributed by atoms with Crippen LogP contribution >= 0.6 is 0 Å². The van der Waals surface area contributed by atoms with Gasteiger partial charge in [0.25, 0.3) is 0 Å². The fraction of sp³-hybridized carbons (Fsp3) is 0.333. The Bertz CT molecular complexity index is 537. The van der Waals surface area contributed by atoms with E-state index in [9.17, 15) is 4.39 Å². The first-order valence-electron chi connectivity index (χ1n) is 6.36. The Kier molecular flexibility index (Phi) is 4.58. The highest BCUT2D eigenvalue weighted by molar-refractivity contribution is 5.32. The van der Waals surface area contributed by atoms with E-state index < -0.39 is 0 Å². The van der Waals surface area contributed by atoms with Gasteiger partial charge in [-0.25, -0.2) is 4.39 Å². The number of halogens is 1. The Morgan fingerprint density at radius 3 is 2.79 bits per heavy atom. The van der Waals surface area contributed by atoms with Gasteiger partial charge in [0.15, 0.2) is 0 Å². The van der Waals surface area contributed by atoms with E-state index in [0.29, 0.717) is 18.9 Å². The standard InChI is InChI=1S/C15H18FNO2/c1-3-17-9-13-6-7-14(19-13)10-18-15-8-12(16)5-4-11(15)2/h4-8,17H,3,9-10H2,1-2H3. The predicted octanol–water partition coefficient (Wildman–Crippen LogP) is 3.42. The van der Waals surface area contributed by atoms with Gasteiger partial charge in [-0.05, 0) is 37.2 Å². The summed E-state index contributed by atoms with van der Waals surface area (Å²) in [5, 5.41) is 3.18. The van der Waals surface area contributed by atoms with Gasteiger partial charge in [-0.2, -0.15) is 0 Å². The maximum atomic E-state index is 13.1. The van der Waals surface area contributed by atoms with Crippen LogP contribution in [0, 0.1) is 12.7 Å². The molecule has 0 unspecified atom stereocenters. The van der Waals surface area contributed by atoms with Crippen LogP contribution in [0.5, 0.6) is 5.75 Å². The van der Waals surface area contributed by atoms with Crippen LogP contribution in [0.15, 0.2) is 34.7 Å². The second-order valence-electron chi connectivity index (χ2n) is 4.35. The summed E-state index contributed by atoms with van der Waals surface area (Å²) >= 11 is 0. The molecule has 1 aromatic heterocycles. The van der Waals surface area contributed by atoms with E-state index in [2.05, 4.69) is 5.32 Å². The predicted molar refractivity (Wildman–Crippen MR) is 71.6 cm³/mol. The van der Waals surface area contributed by atoms with Crippen LogP contribution in [-0.4, -0.2) is 6.54 Å². The molecule has 0 radical (unpaired) electrons. The van der Waals surface area contributed by atoms with Gasteiger partial charge < -0.3 is 14.5 Å². The first-order valence-corrected chi connectivity index (χ1v) is 6.36. The highest BCUT2D eigenvalue weighted by atomic mass is 19.1. The molecule has 2 rings (SSSR count). The highest BCUT2D eigenvalue weighted by Gasteiger charge is 2.05. The number of nitrogens with one attached hydrogen (secondary N) is 1. The molecule has 1 aromatic carbocycles. The highest BCUT2D eigenvalue weighted by Crippen LogP contribution is 2.20. The Hall–Kier alpha value is -1.81. The summed E-state index contributed by atoms with van der Waals surface area (Å²) in [4.78, 5) is 0. The minimum atomic E-state index is -0.298. The Labute approximate surface area is 112 Å². The van der Waals surface area contributed by atoms with Gasteiger partial charge in [-0.3, -0.25) is 0 Å². The van der Waals surface area contributed by atoms with E-state index in [4.69, 9.17) is 9.15 Å². The minimum Gasteiger partial charge on any atom is -0.485 e. The molecule has 0 bridgehead atoms. The molecule has 0 saturated carbocycles. The smallest absolute Gasteiger partial charge is 0.146 e. The molecule has 3 nitrogen and oxygen atoms in total. The zero-order valence-corrected chi connectivity index (χ0v) is 11.2. The van der Waals surface area contributed by atoms with Gasteiger partial charge in [0, 0.05) is 6.07 Å². The number of aryl methyl sites for hydroxylation is 1. The summed E-state index contributed by atoms with van der Waals surface area (Å²) in [6, 6.07) is 8.30. The average Bonchev–Trinajstić information content (AvgIpc) is 2.85. The Morgan fingerprint density at radius 1 is 1.21 bits per heavy atom.